The average molecular weight is 390 g/mol. The first-order valence-electron chi connectivity index (χ1n) is 6.77. The van der Waals surface area contributed by atoms with E-state index in [1.807, 2.05) is 13.8 Å². The van der Waals surface area contributed by atoms with E-state index >= 15 is 0 Å². The maximum absolute atomic E-state index is 12.3. The smallest absolute Gasteiger partial charge is 0.218 e. The molecule has 0 bridgehead atoms. The highest BCUT2D eigenvalue weighted by atomic mass is 35.5. The molecule has 0 radical (unpaired) electrons. The molecule has 0 fully saturated rings. The van der Waals surface area contributed by atoms with E-state index in [4.69, 9.17) is 28.9 Å². The molecular formula is C14H23Cl3N2O2S. The van der Waals surface area contributed by atoms with Crippen molar-refractivity contribution in [2.45, 2.75) is 32.1 Å². The predicted molar refractivity (Wildman–Crippen MR) is 96.4 cm³/mol. The van der Waals surface area contributed by atoms with Gasteiger partial charge in [0.1, 0.15) is 0 Å². The fourth-order valence-corrected chi connectivity index (χ4v) is 3.28. The zero-order chi connectivity index (χ0) is 16.2. The molecule has 22 heavy (non-hydrogen) atoms. The van der Waals surface area contributed by atoms with Crippen LogP contribution in [0.4, 0.5) is 0 Å². The first kappa shape index (κ1) is 22.0. The first-order chi connectivity index (χ1) is 9.63. The molecule has 1 aromatic carbocycles. The number of nitrogens with two attached hydrogens (primary N) is 1. The van der Waals surface area contributed by atoms with E-state index in [2.05, 4.69) is 0 Å². The second-order valence-corrected chi connectivity index (χ2v) is 8.41. The molecule has 1 aromatic rings. The van der Waals surface area contributed by atoms with Crippen LogP contribution in [0.2, 0.25) is 10.0 Å². The van der Waals surface area contributed by atoms with Crippen LogP contribution in [0.25, 0.3) is 0 Å². The van der Waals surface area contributed by atoms with Crippen molar-refractivity contribution in [3.63, 3.8) is 0 Å². The molecule has 1 unspecified atom stereocenters. The van der Waals surface area contributed by atoms with Gasteiger partial charge in [-0.1, -0.05) is 43.1 Å². The lowest BCUT2D eigenvalue weighted by atomic mass is 10.0. The molecule has 0 heterocycles. The first-order valence-corrected chi connectivity index (χ1v) is 9.13. The number of hydrogen-bond acceptors (Lipinski definition) is 3. The van der Waals surface area contributed by atoms with Crippen molar-refractivity contribution in [3.05, 3.63) is 33.8 Å². The van der Waals surface area contributed by atoms with Crippen molar-refractivity contribution in [2.75, 3.05) is 13.6 Å². The Labute approximate surface area is 149 Å². The zero-order valence-corrected chi connectivity index (χ0v) is 16.1. The minimum atomic E-state index is -3.39. The minimum absolute atomic E-state index is 0. The predicted octanol–water partition coefficient (Wildman–Crippen LogP) is 3.55. The highest BCUT2D eigenvalue weighted by molar-refractivity contribution is 7.88. The van der Waals surface area contributed by atoms with Crippen LogP contribution >= 0.6 is 35.6 Å². The van der Waals surface area contributed by atoms with Gasteiger partial charge in [-0.3, -0.25) is 0 Å². The molecule has 0 aliphatic rings. The molecule has 2 N–H and O–H groups in total. The third-order valence-electron chi connectivity index (χ3n) is 3.44. The van der Waals surface area contributed by atoms with E-state index in [1.165, 1.54) is 4.31 Å². The number of rotatable bonds is 7. The number of hydrogen-bond donors (Lipinski definition) is 1. The summed E-state index contributed by atoms with van der Waals surface area (Å²) in [5.41, 5.74) is 6.56. The van der Waals surface area contributed by atoms with Crippen LogP contribution in [-0.4, -0.2) is 32.4 Å². The fourth-order valence-electron chi connectivity index (χ4n) is 1.75. The van der Waals surface area contributed by atoms with Gasteiger partial charge in [-0.15, -0.1) is 12.4 Å². The van der Waals surface area contributed by atoms with Crippen LogP contribution in [0.1, 0.15) is 25.8 Å². The van der Waals surface area contributed by atoms with Crippen LogP contribution < -0.4 is 5.73 Å². The van der Waals surface area contributed by atoms with Crippen LogP contribution in [0.15, 0.2) is 18.2 Å². The van der Waals surface area contributed by atoms with Gasteiger partial charge in [-0.2, -0.15) is 0 Å². The van der Waals surface area contributed by atoms with Crippen molar-refractivity contribution in [1.82, 2.24) is 4.31 Å². The minimum Gasteiger partial charge on any atom is -0.327 e. The molecule has 0 aromatic heterocycles. The Morgan fingerprint density at radius 3 is 2.32 bits per heavy atom. The average Bonchev–Trinajstić information content (AvgIpc) is 2.39. The molecule has 0 amide bonds. The second kappa shape index (κ2) is 9.30. The van der Waals surface area contributed by atoms with Gasteiger partial charge >= 0.3 is 0 Å². The molecule has 1 atom stereocenters. The number of halogens is 3. The van der Waals surface area contributed by atoms with Gasteiger partial charge in [-0.25, -0.2) is 12.7 Å². The van der Waals surface area contributed by atoms with Gasteiger partial charge in [0.15, 0.2) is 0 Å². The van der Waals surface area contributed by atoms with Crippen molar-refractivity contribution < 1.29 is 8.42 Å². The normalized spacial score (nSPS) is 13.3. The monoisotopic (exact) mass is 388 g/mol. The maximum Gasteiger partial charge on any atom is 0.218 e. The Kier molecular flexibility index (Phi) is 9.29. The summed E-state index contributed by atoms with van der Waals surface area (Å²) in [6.45, 7) is 4.45. The molecule has 0 saturated carbocycles. The summed E-state index contributed by atoms with van der Waals surface area (Å²) in [5.74, 6) is 0.230. The Morgan fingerprint density at radius 2 is 1.82 bits per heavy atom. The van der Waals surface area contributed by atoms with Gasteiger partial charge in [0.05, 0.1) is 15.8 Å². The highest BCUT2D eigenvalue weighted by Gasteiger charge is 2.20. The van der Waals surface area contributed by atoms with Crippen molar-refractivity contribution in [3.8, 4) is 0 Å². The summed E-state index contributed by atoms with van der Waals surface area (Å²) in [6, 6.07) is 4.84. The summed E-state index contributed by atoms with van der Waals surface area (Å²) in [4.78, 5) is 0. The van der Waals surface area contributed by atoms with E-state index in [0.29, 0.717) is 34.5 Å². The summed E-state index contributed by atoms with van der Waals surface area (Å²) in [7, 11) is -1.82. The number of benzene rings is 1. The van der Waals surface area contributed by atoms with Crippen molar-refractivity contribution in [2.24, 2.45) is 11.7 Å². The van der Waals surface area contributed by atoms with E-state index in [9.17, 15) is 8.42 Å². The molecule has 4 nitrogen and oxygen atoms in total. The van der Waals surface area contributed by atoms with E-state index in [1.54, 1.807) is 25.2 Å². The van der Waals surface area contributed by atoms with Gasteiger partial charge < -0.3 is 5.73 Å². The lowest BCUT2D eigenvalue weighted by Gasteiger charge is -2.21. The molecule has 0 spiro atoms. The standard InChI is InChI=1S/C14H22Cl2N2O2S.ClH/c1-10(2)14(17)6-7-18(3)21(19,20)9-11-4-5-12(15)13(16)8-11;/h4-5,8,10,14H,6-7,9,17H2,1-3H3;1H. The number of nitrogens with zero attached hydrogens (tertiary/aromatic N) is 1. The Balaban J connectivity index is 0.00000441. The summed E-state index contributed by atoms with van der Waals surface area (Å²) >= 11 is 11.7. The third-order valence-corrected chi connectivity index (χ3v) is 6.01. The van der Waals surface area contributed by atoms with E-state index in [-0.39, 0.29) is 24.2 Å². The molecule has 1 rings (SSSR count). The summed E-state index contributed by atoms with van der Waals surface area (Å²) in [6.07, 6.45) is 0.634. The highest BCUT2D eigenvalue weighted by Crippen LogP contribution is 2.24. The Bertz CT molecular complexity index is 579. The summed E-state index contributed by atoms with van der Waals surface area (Å²) < 4.78 is 25.9. The Hall–Kier alpha value is -0.0400. The van der Waals surface area contributed by atoms with Gasteiger partial charge in [0, 0.05) is 19.6 Å². The molecule has 0 aliphatic carbocycles. The van der Waals surface area contributed by atoms with Crippen LogP contribution in [0.3, 0.4) is 0 Å². The quantitative estimate of drug-likeness (QED) is 0.775. The molecule has 0 aliphatic heterocycles. The Morgan fingerprint density at radius 1 is 1.23 bits per heavy atom. The largest absolute Gasteiger partial charge is 0.327 e. The van der Waals surface area contributed by atoms with Crippen LogP contribution in [0.5, 0.6) is 0 Å². The van der Waals surface area contributed by atoms with E-state index in [0.717, 1.165) is 0 Å². The molecule has 128 valence electrons. The molecule has 0 saturated heterocycles. The molecular weight excluding hydrogens is 367 g/mol. The van der Waals surface area contributed by atoms with Crippen LogP contribution in [-0.2, 0) is 15.8 Å². The molecule has 8 heteroatoms. The maximum atomic E-state index is 12.3. The van der Waals surface area contributed by atoms with Gasteiger partial charge in [0.25, 0.3) is 0 Å². The number of sulfonamides is 1. The van der Waals surface area contributed by atoms with Crippen molar-refractivity contribution in [1.29, 1.82) is 0 Å². The fraction of sp³-hybridized carbons (Fsp3) is 0.571. The van der Waals surface area contributed by atoms with Crippen LogP contribution in [0, 0.1) is 5.92 Å². The SMILES string of the molecule is CC(C)C(N)CCN(C)S(=O)(=O)Cc1ccc(Cl)c(Cl)c1.Cl. The lowest BCUT2D eigenvalue weighted by Crippen LogP contribution is -2.35. The van der Waals surface area contributed by atoms with Crippen molar-refractivity contribution >= 4 is 45.6 Å². The summed E-state index contributed by atoms with van der Waals surface area (Å²) in [5, 5.41) is 0.767. The topological polar surface area (TPSA) is 63.4 Å². The van der Waals surface area contributed by atoms with E-state index < -0.39 is 10.0 Å². The second-order valence-electron chi connectivity index (χ2n) is 5.52. The van der Waals surface area contributed by atoms with Gasteiger partial charge in [0.2, 0.25) is 10.0 Å². The zero-order valence-electron chi connectivity index (χ0n) is 12.9. The van der Waals surface area contributed by atoms with Gasteiger partial charge in [-0.05, 0) is 30.0 Å². The lowest BCUT2D eigenvalue weighted by molar-refractivity contribution is 0.397. The third kappa shape index (κ3) is 6.60.